The zero-order valence-electron chi connectivity index (χ0n) is 12.1. The number of hydrogen-bond donors (Lipinski definition) is 2. The van der Waals surface area contributed by atoms with Gasteiger partial charge in [-0.15, -0.1) is 0 Å². The number of primary amides is 1. The van der Waals surface area contributed by atoms with Crippen molar-refractivity contribution in [3.63, 3.8) is 0 Å². The van der Waals surface area contributed by atoms with Crippen LogP contribution in [0.4, 0.5) is 0 Å². The van der Waals surface area contributed by atoms with E-state index in [1.807, 2.05) is 36.4 Å². The average Bonchev–Trinajstić information content (AvgIpc) is 2.54. The molecule has 0 spiro atoms. The summed E-state index contributed by atoms with van der Waals surface area (Å²) in [5.74, 6) is -0.183. The van der Waals surface area contributed by atoms with Crippen LogP contribution in [-0.2, 0) is 9.59 Å². The largest absolute Gasteiger partial charge is 0.493 e. The highest BCUT2D eigenvalue weighted by molar-refractivity contribution is 5.87. The van der Waals surface area contributed by atoms with E-state index in [0.29, 0.717) is 11.3 Å². The van der Waals surface area contributed by atoms with Crippen molar-refractivity contribution in [2.75, 3.05) is 6.61 Å². The predicted octanol–water partition coefficient (Wildman–Crippen LogP) is 1.80. The Labute approximate surface area is 129 Å². The third-order valence-corrected chi connectivity index (χ3v) is 3.06. The topological polar surface area (TPSA) is 81.4 Å². The van der Waals surface area contributed by atoms with Crippen LogP contribution in [0.25, 0.3) is 0 Å². The fourth-order valence-electron chi connectivity index (χ4n) is 1.98. The molecule has 2 amide bonds. The number of rotatable bonds is 7. The third-order valence-electron chi connectivity index (χ3n) is 3.06. The van der Waals surface area contributed by atoms with Gasteiger partial charge in [0.2, 0.25) is 11.8 Å². The molecule has 22 heavy (non-hydrogen) atoms. The zero-order valence-corrected chi connectivity index (χ0v) is 12.1. The van der Waals surface area contributed by atoms with Gasteiger partial charge in [-0.25, -0.2) is 0 Å². The summed E-state index contributed by atoms with van der Waals surface area (Å²) in [6, 6.07) is 17.3. The highest BCUT2D eigenvalue weighted by atomic mass is 16.5. The number of carbonyl (C=O) groups is 2. The van der Waals surface area contributed by atoms with Gasteiger partial charge < -0.3 is 15.8 Å². The first-order valence-corrected chi connectivity index (χ1v) is 6.98. The van der Waals surface area contributed by atoms with Gasteiger partial charge in [0.25, 0.3) is 0 Å². The van der Waals surface area contributed by atoms with Gasteiger partial charge in [-0.1, -0.05) is 48.5 Å². The molecule has 1 atom stereocenters. The molecule has 0 aliphatic carbocycles. The Balaban J connectivity index is 1.85. The van der Waals surface area contributed by atoms with Crippen molar-refractivity contribution < 1.29 is 14.3 Å². The summed E-state index contributed by atoms with van der Waals surface area (Å²) in [7, 11) is 0. The molecule has 0 bridgehead atoms. The van der Waals surface area contributed by atoms with E-state index in [1.54, 1.807) is 24.3 Å². The lowest BCUT2D eigenvalue weighted by molar-refractivity contribution is -0.127. The number of nitrogens with one attached hydrogen (secondary N) is 1. The standard InChI is InChI=1S/C17H18N2O3/c18-17(21)16(13-7-3-1-4-8-13)19-15(20)11-12-22-14-9-5-2-6-10-14/h1-10,16H,11-12H2,(H2,18,21)(H,19,20). The lowest BCUT2D eigenvalue weighted by Gasteiger charge is -2.16. The van der Waals surface area contributed by atoms with Gasteiger partial charge in [0, 0.05) is 0 Å². The van der Waals surface area contributed by atoms with Crippen LogP contribution in [-0.4, -0.2) is 18.4 Å². The summed E-state index contributed by atoms with van der Waals surface area (Å²) in [5, 5.41) is 2.63. The first-order chi connectivity index (χ1) is 10.7. The molecule has 0 aliphatic rings. The normalized spacial score (nSPS) is 11.5. The molecule has 5 heteroatoms. The molecule has 0 saturated heterocycles. The monoisotopic (exact) mass is 298 g/mol. The van der Waals surface area contributed by atoms with Crippen LogP contribution in [0, 0.1) is 0 Å². The molecule has 0 radical (unpaired) electrons. The molecule has 2 aromatic rings. The van der Waals surface area contributed by atoms with E-state index in [1.165, 1.54) is 0 Å². The number of carbonyl (C=O) groups excluding carboxylic acids is 2. The SMILES string of the molecule is NC(=O)C(NC(=O)CCOc1ccccc1)c1ccccc1. The Bertz CT molecular complexity index is 614. The smallest absolute Gasteiger partial charge is 0.244 e. The van der Waals surface area contributed by atoms with E-state index in [9.17, 15) is 9.59 Å². The van der Waals surface area contributed by atoms with E-state index in [2.05, 4.69) is 5.32 Å². The molecular formula is C17H18N2O3. The number of amides is 2. The van der Waals surface area contributed by atoms with E-state index in [-0.39, 0.29) is 18.9 Å². The molecule has 3 N–H and O–H groups in total. The van der Waals surface area contributed by atoms with Crippen molar-refractivity contribution in [1.29, 1.82) is 0 Å². The molecule has 2 aromatic carbocycles. The maximum atomic E-state index is 11.9. The average molecular weight is 298 g/mol. The summed E-state index contributed by atoms with van der Waals surface area (Å²) in [6.07, 6.45) is 0.144. The van der Waals surface area contributed by atoms with Gasteiger partial charge in [0.15, 0.2) is 0 Å². The minimum atomic E-state index is -0.828. The molecular weight excluding hydrogens is 280 g/mol. The number of hydrogen-bond acceptors (Lipinski definition) is 3. The van der Waals surface area contributed by atoms with Crippen LogP contribution in [0.15, 0.2) is 60.7 Å². The molecule has 114 valence electrons. The van der Waals surface area contributed by atoms with E-state index < -0.39 is 11.9 Å². The Morgan fingerprint density at radius 2 is 1.59 bits per heavy atom. The molecule has 1 unspecified atom stereocenters. The lowest BCUT2D eigenvalue weighted by atomic mass is 10.1. The highest BCUT2D eigenvalue weighted by Gasteiger charge is 2.19. The van der Waals surface area contributed by atoms with Crippen LogP contribution in [0.1, 0.15) is 18.0 Å². The van der Waals surface area contributed by atoms with E-state index in [0.717, 1.165) is 0 Å². The summed E-state index contributed by atoms with van der Waals surface area (Å²) >= 11 is 0. The van der Waals surface area contributed by atoms with Gasteiger partial charge in [0.1, 0.15) is 11.8 Å². The number of para-hydroxylation sites is 1. The molecule has 0 aliphatic heterocycles. The highest BCUT2D eigenvalue weighted by Crippen LogP contribution is 2.12. The van der Waals surface area contributed by atoms with Gasteiger partial charge in [-0.2, -0.15) is 0 Å². The number of ether oxygens (including phenoxy) is 1. The predicted molar refractivity (Wildman–Crippen MR) is 83.1 cm³/mol. The second-order valence-electron chi connectivity index (χ2n) is 4.73. The fourth-order valence-corrected chi connectivity index (χ4v) is 1.98. The molecule has 5 nitrogen and oxygen atoms in total. The molecule has 0 fully saturated rings. The summed E-state index contributed by atoms with van der Waals surface area (Å²) in [4.78, 5) is 23.4. The zero-order chi connectivity index (χ0) is 15.8. The molecule has 0 saturated carbocycles. The van der Waals surface area contributed by atoms with Crippen LogP contribution < -0.4 is 15.8 Å². The van der Waals surface area contributed by atoms with Crippen molar-refractivity contribution in [2.24, 2.45) is 5.73 Å². The first kappa shape index (κ1) is 15.6. The van der Waals surface area contributed by atoms with Gasteiger partial charge >= 0.3 is 0 Å². The van der Waals surface area contributed by atoms with Crippen molar-refractivity contribution in [2.45, 2.75) is 12.5 Å². The lowest BCUT2D eigenvalue weighted by Crippen LogP contribution is -2.37. The minimum Gasteiger partial charge on any atom is -0.493 e. The van der Waals surface area contributed by atoms with Crippen LogP contribution in [0.2, 0.25) is 0 Å². The molecule has 0 aromatic heterocycles. The second kappa shape index (κ2) is 7.83. The summed E-state index contributed by atoms with van der Waals surface area (Å²) in [5.41, 5.74) is 6.01. The first-order valence-electron chi connectivity index (χ1n) is 6.98. The Kier molecular flexibility index (Phi) is 5.54. The van der Waals surface area contributed by atoms with E-state index in [4.69, 9.17) is 10.5 Å². The van der Waals surface area contributed by atoms with Crippen molar-refractivity contribution >= 4 is 11.8 Å². The van der Waals surface area contributed by atoms with E-state index >= 15 is 0 Å². The minimum absolute atomic E-state index is 0.144. The Morgan fingerprint density at radius 1 is 1.00 bits per heavy atom. The molecule has 2 rings (SSSR count). The Morgan fingerprint density at radius 3 is 2.18 bits per heavy atom. The maximum Gasteiger partial charge on any atom is 0.244 e. The van der Waals surface area contributed by atoms with Crippen LogP contribution in [0.5, 0.6) is 5.75 Å². The second-order valence-corrected chi connectivity index (χ2v) is 4.73. The maximum absolute atomic E-state index is 11.9. The number of nitrogens with two attached hydrogens (primary N) is 1. The fraction of sp³-hybridized carbons (Fsp3) is 0.176. The third kappa shape index (κ3) is 4.63. The van der Waals surface area contributed by atoms with Gasteiger partial charge in [0.05, 0.1) is 13.0 Å². The Hall–Kier alpha value is -2.82. The van der Waals surface area contributed by atoms with Crippen molar-refractivity contribution in [3.8, 4) is 5.75 Å². The van der Waals surface area contributed by atoms with Gasteiger partial charge in [-0.3, -0.25) is 9.59 Å². The quantitative estimate of drug-likeness (QED) is 0.817. The van der Waals surface area contributed by atoms with Gasteiger partial charge in [-0.05, 0) is 17.7 Å². The van der Waals surface area contributed by atoms with Crippen LogP contribution >= 0.6 is 0 Å². The van der Waals surface area contributed by atoms with Crippen molar-refractivity contribution in [3.05, 3.63) is 66.2 Å². The summed E-state index contributed by atoms with van der Waals surface area (Å²) in [6.45, 7) is 0.232. The number of benzene rings is 2. The van der Waals surface area contributed by atoms with Crippen LogP contribution in [0.3, 0.4) is 0 Å². The van der Waals surface area contributed by atoms with Crippen molar-refractivity contribution in [1.82, 2.24) is 5.32 Å². The molecule has 0 heterocycles. The summed E-state index contributed by atoms with van der Waals surface area (Å²) < 4.78 is 5.45.